The highest BCUT2D eigenvalue weighted by atomic mass is 16.2. The lowest BCUT2D eigenvalue weighted by Crippen LogP contribution is -2.55. The summed E-state index contributed by atoms with van der Waals surface area (Å²) in [6.45, 7) is 4.70. The number of carbonyl (C=O) groups is 2. The Hall–Kier alpha value is -2.05. The first kappa shape index (κ1) is 15.8. The molecule has 1 saturated carbocycles. The summed E-state index contributed by atoms with van der Waals surface area (Å²) < 4.78 is 0. The van der Waals surface area contributed by atoms with Gasteiger partial charge in [0.25, 0.3) is 5.91 Å². The molecule has 23 heavy (non-hydrogen) atoms. The van der Waals surface area contributed by atoms with Gasteiger partial charge in [0.15, 0.2) is 0 Å². The van der Waals surface area contributed by atoms with Crippen molar-refractivity contribution in [2.75, 3.05) is 26.3 Å². The molecule has 0 aromatic heterocycles. The highest BCUT2D eigenvalue weighted by molar-refractivity contribution is 6.03. The first-order chi connectivity index (χ1) is 11.1. The number of nitrogens with one attached hydrogen (secondary N) is 3. The van der Waals surface area contributed by atoms with E-state index in [1.807, 2.05) is 11.8 Å². The van der Waals surface area contributed by atoms with E-state index in [0.717, 1.165) is 51.0 Å². The van der Waals surface area contributed by atoms with Crippen molar-refractivity contribution in [1.29, 1.82) is 0 Å². The topological polar surface area (TPSA) is 85.8 Å². The molecule has 0 radical (unpaired) electrons. The zero-order valence-electron chi connectivity index (χ0n) is 13.6. The molecule has 7 nitrogen and oxygen atoms in total. The summed E-state index contributed by atoms with van der Waals surface area (Å²) in [5.41, 5.74) is 0.967. The van der Waals surface area contributed by atoms with Crippen molar-refractivity contribution in [3.63, 3.8) is 0 Å². The van der Waals surface area contributed by atoms with E-state index in [1.165, 1.54) is 0 Å². The van der Waals surface area contributed by atoms with Crippen molar-refractivity contribution in [2.45, 2.75) is 38.6 Å². The fraction of sp³-hybridized carbons (Fsp3) is 0.688. The number of aliphatic imine (C=N–C) groups is 1. The number of hydrogen-bond donors (Lipinski definition) is 3. The fourth-order valence-electron chi connectivity index (χ4n) is 3.74. The maximum absolute atomic E-state index is 11.9. The quantitative estimate of drug-likeness (QED) is 0.635. The molecule has 3 N–H and O–H groups in total. The number of nitrogens with zero attached hydrogens (tertiary/aromatic N) is 2. The predicted molar refractivity (Wildman–Crippen MR) is 87.7 cm³/mol. The Kier molecular flexibility index (Phi) is 4.54. The molecule has 0 bridgehead atoms. The van der Waals surface area contributed by atoms with E-state index in [9.17, 15) is 9.59 Å². The second kappa shape index (κ2) is 6.60. The predicted octanol–water partition coefficient (Wildman–Crippen LogP) is -0.0438. The van der Waals surface area contributed by atoms with Crippen LogP contribution in [0, 0.1) is 5.41 Å². The zero-order valence-corrected chi connectivity index (χ0v) is 13.6. The molecule has 1 spiro atoms. The Balaban J connectivity index is 1.49. The van der Waals surface area contributed by atoms with Gasteiger partial charge in [0.05, 0.1) is 0 Å². The minimum atomic E-state index is -0.0898. The van der Waals surface area contributed by atoms with E-state index in [4.69, 9.17) is 0 Å². The van der Waals surface area contributed by atoms with Crippen LogP contribution in [-0.4, -0.2) is 55.4 Å². The number of amidine groups is 1. The third-order valence-electron chi connectivity index (χ3n) is 5.10. The second-order valence-corrected chi connectivity index (χ2v) is 6.69. The molecule has 1 aliphatic carbocycles. The van der Waals surface area contributed by atoms with Gasteiger partial charge in [0.1, 0.15) is 18.2 Å². The second-order valence-electron chi connectivity index (χ2n) is 6.69. The number of hydrogen-bond acceptors (Lipinski definition) is 5. The Morgan fingerprint density at radius 2 is 2.22 bits per heavy atom. The summed E-state index contributed by atoms with van der Waals surface area (Å²) in [5, 5.41) is 9.23. The summed E-state index contributed by atoms with van der Waals surface area (Å²) in [7, 11) is 0. The molecule has 3 aliphatic rings. The molecular weight excluding hydrogens is 294 g/mol. The van der Waals surface area contributed by atoms with Gasteiger partial charge in [-0.1, -0.05) is 0 Å². The molecule has 3 rings (SSSR count). The Morgan fingerprint density at radius 1 is 1.48 bits per heavy atom. The molecule has 0 unspecified atom stereocenters. The van der Waals surface area contributed by atoms with E-state index in [-0.39, 0.29) is 5.91 Å². The summed E-state index contributed by atoms with van der Waals surface area (Å²) in [4.78, 5) is 28.9. The summed E-state index contributed by atoms with van der Waals surface area (Å²) in [6.07, 6.45) is 7.18. The highest BCUT2D eigenvalue weighted by Crippen LogP contribution is 2.48. The van der Waals surface area contributed by atoms with Gasteiger partial charge in [-0.05, 0) is 38.0 Å². The van der Waals surface area contributed by atoms with Crippen LogP contribution in [0.25, 0.3) is 0 Å². The summed E-state index contributed by atoms with van der Waals surface area (Å²) in [6, 6.07) is 0.418. The largest absolute Gasteiger partial charge is 0.367 e. The van der Waals surface area contributed by atoms with Gasteiger partial charge in [0, 0.05) is 31.8 Å². The first-order valence-electron chi connectivity index (χ1n) is 8.38. The van der Waals surface area contributed by atoms with Gasteiger partial charge in [-0.3, -0.25) is 9.59 Å². The first-order valence-corrected chi connectivity index (χ1v) is 8.38. The summed E-state index contributed by atoms with van der Waals surface area (Å²) >= 11 is 0. The lowest BCUT2D eigenvalue weighted by molar-refractivity contribution is -0.121. The minimum absolute atomic E-state index is 0.0898. The average molecular weight is 319 g/mol. The van der Waals surface area contributed by atoms with Crippen molar-refractivity contribution in [2.24, 2.45) is 10.4 Å². The lowest BCUT2D eigenvalue weighted by Gasteiger charge is -2.52. The number of amides is 2. The van der Waals surface area contributed by atoms with Crippen molar-refractivity contribution in [3.8, 4) is 0 Å². The van der Waals surface area contributed by atoms with Gasteiger partial charge in [0.2, 0.25) is 6.41 Å². The van der Waals surface area contributed by atoms with Gasteiger partial charge in [-0.25, -0.2) is 4.99 Å². The number of likely N-dealkylation sites (N-methyl/N-ethyl adjacent to an activating group) is 1. The zero-order chi connectivity index (χ0) is 16.3. The van der Waals surface area contributed by atoms with Crippen molar-refractivity contribution in [1.82, 2.24) is 20.9 Å². The van der Waals surface area contributed by atoms with Crippen molar-refractivity contribution in [3.05, 3.63) is 11.8 Å². The molecule has 0 atom stereocenters. The molecule has 0 aromatic carbocycles. The molecular formula is C16H25N5O2. The minimum Gasteiger partial charge on any atom is -0.367 e. The van der Waals surface area contributed by atoms with Crippen LogP contribution in [0.3, 0.4) is 0 Å². The van der Waals surface area contributed by atoms with Gasteiger partial charge >= 0.3 is 0 Å². The third-order valence-corrected chi connectivity index (χ3v) is 5.10. The Bertz CT molecular complexity index is 527. The number of likely N-dealkylation sites (tertiary alicyclic amines) is 1. The maximum Gasteiger partial charge on any atom is 0.267 e. The molecule has 2 fully saturated rings. The SMILES string of the molecule is CCNC(=O)C1=CC(NC2CC3(CCN(C=O)CC3)C2)=NCN1. The van der Waals surface area contributed by atoms with Gasteiger partial charge in [-0.2, -0.15) is 0 Å². The number of carbonyl (C=O) groups excluding carboxylic acids is 2. The molecule has 2 aliphatic heterocycles. The van der Waals surface area contributed by atoms with Crippen LogP contribution in [0.1, 0.15) is 32.6 Å². The Labute approximate surface area is 136 Å². The molecule has 1 saturated heterocycles. The Morgan fingerprint density at radius 3 is 2.87 bits per heavy atom. The lowest BCUT2D eigenvalue weighted by atomic mass is 9.60. The molecule has 126 valence electrons. The molecule has 0 aromatic rings. The standard InChI is InChI=1S/C16H25N5O2/c1-2-17-15(23)13-7-14(19-10-18-13)20-12-8-16(9-12)3-5-21(11-22)6-4-16/h7,11-12,18H,2-6,8-10H2,1H3,(H,17,23)(H,19,20). The van der Waals surface area contributed by atoms with E-state index in [1.54, 1.807) is 6.08 Å². The molecule has 2 heterocycles. The monoisotopic (exact) mass is 319 g/mol. The van der Waals surface area contributed by atoms with Crippen LogP contribution in [-0.2, 0) is 9.59 Å². The van der Waals surface area contributed by atoms with Gasteiger partial charge < -0.3 is 20.9 Å². The third kappa shape index (κ3) is 3.48. The van der Waals surface area contributed by atoms with Crippen molar-refractivity contribution >= 4 is 18.2 Å². The van der Waals surface area contributed by atoms with Crippen LogP contribution < -0.4 is 16.0 Å². The van der Waals surface area contributed by atoms with Crippen LogP contribution in [0.15, 0.2) is 16.8 Å². The number of piperidine rings is 1. The highest BCUT2D eigenvalue weighted by Gasteiger charge is 2.45. The van der Waals surface area contributed by atoms with E-state index >= 15 is 0 Å². The normalized spacial score (nSPS) is 23.3. The van der Waals surface area contributed by atoms with Crippen LogP contribution in [0.5, 0.6) is 0 Å². The number of rotatable bonds is 4. The van der Waals surface area contributed by atoms with Crippen LogP contribution in [0.2, 0.25) is 0 Å². The average Bonchev–Trinajstić information content (AvgIpc) is 2.54. The van der Waals surface area contributed by atoms with E-state index in [0.29, 0.717) is 30.4 Å². The van der Waals surface area contributed by atoms with Gasteiger partial charge in [-0.15, -0.1) is 0 Å². The van der Waals surface area contributed by atoms with E-state index in [2.05, 4.69) is 20.9 Å². The van der Waals surface area contributed by atoms with Crippen LogP contribution in [0.4, 0.5) is 0 Å². The molecule has 2 amide bonds. The molecule has 7 heteroatoms. The van der Waals surface area contributed by atoms with E-state index < -0.39 is 0 Å². The maximum atomic E-state index is 11.9. The fourth-order valence-corrected chi connectivity index (χ4v) is 3.74. The van der Waals surface area contributed by atoms with Crippen LogP contribution >= 0.6 is 0 Å². The smallest absolute Gasteiger partial charge is 0.267 e. The van der Waals surface area contributed by atoms with Crippen molar-refractivity contribution < 1.29 is 9.59 Å². The summed E-state index contributed by atoms with van der Waals surface area (Å²) in [5.74, 6) is 0.697.